The Balaban J connectivity index is 2.27. The highest BCUT2D eigenvalue weighted by Crippen LogP contribution is 2.10. The lowest BCUT2D eigenvalue weighted by Crippen LogP contribution is -1.86. The molecule has 0 spiro atoms. The molecule has 0 N–H and O–H groups in total. The highest BCUT2D eigenvalue weighted by atomic mass is 14.8. The molecule has 0 fully saturated rings. The highest BCUT2D eigenvalue weighted by molar-refractivity contribution is 5.74. The summed E-state index contributed by atoms with van der Waals surface area (Å²) in [5.74, 6) is 6.03. The third-order valence-corrected chi connectivity index (χ3v) is 2.13. The summed E-state index contributed by atoms with van der Waals surface area (Å²) in [6.45, 7) is 5.64. The lowest BCUT2D eigenvalue weighted by molar-refractivity contribution is 1.26. The molecule has 78 valence electrons. The Labute approximate surface area is 95.1 Å². The van der Waals surface area contributed by atoms with Crippen molar-refractivity contribution in [1.82, 2.24) is 9.97 Å². The van der Waals surface area contributed by atoms with E-state index in [9.17, 15) is 0 Å². The molecule has 2 heteroatoms. The fourth-order valence-corrected chi connectivity index (χ4v) is 1.42. The first kappa shape index (κ1) is 10.4. The highest BCUT2D eigenvalue weighted by Gasteiger charge is 1.96. The quantitative estimate of drug-likeness (QED) is 0.673. The van der Waals surface area contributed by atoms with Crippen molar-refractivity contribution in [3.8, 4) is 11.8 Å². The van der Waals surface area contributed by atoms with Crippen LogP contribution in [0.2, 0.25) is 0 Å². The molecule has 1 heterocycles. The Morgan fingerprint density at radius 3 is 2.75 bits per heavy atom. The summed E-state index contributed by atoms with van der Waals surface area (Å²) in [6, 6.07) is 6.03. The van der Waals surface area contributed by atoms with Crippen LogP contribution in [0.3, 0.4) is 0 Å². The van der Waals surface area contributed by atoms with Crippen molar-refractivity contribution in [2.45, 2.75) is 13.3 Å². The molecule has 0 saturated carbocycles. The van der Waals surface area contributed by atoms with Crippen molar-refractivity contribution in [2.24, 2.45) is 0 Å². The van der Waals surface area contributed by atoms with E-state index in [1.54, 1.807) is 12.4 Å². The Morgan fingerprint density at radius 1 is 1.25 bits per heavy atom. The van der Waals surface area contributed by atoms with Crippen LogP contribution in [0.4, 0.5) is 0 Å². The fraction of sp³-hybridized carbons (Fsp3) is 0.143. The topological polar surface area (TPSA) is 25.8 Å². The van der Waals surface area contributed by atoms with E-state index < -0.39 is 0 Å². The lowest BCUT2D eigenvalue weighted by Gasteiger charge is -1.98. The summed E-state index contributed by atoms with van der Waals surface area (Å²) in [6.07, 6.45) is 4.12. The second kappa shape index (κ2) is 4.59. The van der Waals surface area contributed by atoms with Gasteiger partial charge in [0.2, 0.25) is 0 Å². The molecule has 2 rings (SSSR count). The molecule has 0 aliphatic heterocycles. The van der Waals surface area contributed by atoms with Gasteiger partial charge < -0.3 is 0 Å². The second-order valence-corrected chi connectivity index (χ2v) is 3.64. The van der Waals surface area contributed by atoms with Gasteiger partial charge in [0.1, 0.15) is 0 Å². The van der Waals surface area contributed by atoms with Gasteiger partial charge in [-0.25, -0.2) is 0 Å². The molecule has 0 amide bonds. The third kappa shape index (κ3) is 2.46. The average Bonchev–Trinajstić information content (AvgIpc) is 2.28. The Morgan fingerprint density at radius 2 is 2.00 bits per heavy atom. The summed E-state index contributed by atoms with van der Waals surface area (Å²) in [5.41, 5.74) is 3.87. The number of hydrogen-bond acceptors (Lipinski definition) is 2. The Kier molecular flexibility index (Phi) is 2.98. The molecule has 0 saturated heterocycles. The number of benzene rings is 1. The second-order valence-electron chi connectivity index (χ2n) is 3.64. The van der Waals surface area contributed by atoms with E-state index in [-0.39, 0.29) is 0 Å². The normalized spacial score (nSPS) is 9.56. The Bertz CT molecular complexity index is 588. The van der Waals surface area contributed by atoms with Gasteiger partial charge in [0.25, 0.3) is 0 Å². The van der Waals surface area contributed by atoms with Gasteiger partial charge in [-0.2, -0.15) is 0 Å². The molecule has 2 aromatic rings. The predicted molar refractivity (Wildman–Crippen MR) is 65.8 cm³/mol. The predicted octanol–water partition coefficient (Wildman–Crippen LogP) is 2.75. The number of rotatable bonds is 1. The van der Waals surface area contributed by atoms with Crippen molar-refractivity contribution in [1.29, 1.82) is 0 Å². The minimum absolute atomic E-state index is 0.722. The van der Waals surface area contributed by atoms with Crippen molar-refractivity contribution in [3.05, 3.63) is 48.3 Å². The molecular weight excluding hydrogens is 196 g/mol. The molecule has 0 unspecified atom stereocenters. The number of nitrogens with zero attached hydrogens (tertiary/aromatic N) is 2. The molecule has 0 aliphatic carbocycles. The standard InChI is InChI=1S/C14H12N2/c1-11(2)4-3-5-12-6-7-13-14(10-12)16-9-8-15-13/h6-10H,1,5H2,2H3. The molecule has 0 atom stereocenters. The minimum Gasteiger partial charge on any atom is -0.253 e. The van der Waals surface area contributed by atoms with Crippen LogP contribution in [0, 0.1) is 11.8 Å². The first-order chi connectivity index (χ1) is 7.75. The van der Waals surface area contributed by atoms with E-state index in [2.05, 4.69) is 28.4 Å². The zero-order chi connectivity index (χ0) is 11.4. The number of fused-ring (bicyclic) bond motifs is 1. The first-order valence-electron chi connectivity index (χ1n) is 5.10. The Hall–Kier alpha value is -2.14. The average molecular weight is 208 g/mol. The van der Waals surface area contributed by atoms with Gasteiger partial charge in [-0.15, -0.1) is 0 Å². The van der Waals surface area contributed by atoms with E-state index in [0.717, 1.165) is 28.6 Å². The molecule has 2 nitrogen and oxygen atoms in total. The van der Waals surface area contributed by atoms with Gasteiger partial charge in [-0.3, -0.25) is 9.97 Å². The monoisotopic (exact) mass is 208 g/mol. The zero-order valence-electron chi connectivity index (χ0n) is 9.20. The minimum atomic E-state index is 0.722. The van der Waals surface area contributed by atoms with Crippen LogP contribution < -0.4 is 0 Å². The van der Waals surface area contributed by atoms with E-state index >= 15 is 0 Å². The van der Waals surface area contributed by atoms with Crippen LogP contribution in [0.25, 0.3) is 11.0 Å². The molecule has 1 aromatic heterocycles. The van der Waals surface area contributed by atoms with Crippen molar-refractivity contribution in [3.63, 3.8) is 0 Å². The van der Waals surface area contributed by atoms with Crippen LogP contribution >= 0.6 is 0 Å². The SMILES string of the molecule is C=C(C)C#CCc1ccc2nccnc2c1. The van der Waals surface area contributed by atoms with Crippen molar-refractivity contribution in [2.75, 3.05) is 0 Å². The van der Waals surface area contributed by atoms with Crippen molar-refractivity contribution >= 4 is 11.0 Å². The number of hydrogen-bond donors (Lipinski definition) is 0. The first-order valence-corrected chi connectivity index (χ1v) is 5.10. The fourth-order valence-electron chi connectivity index (χ4n) is 1.42. The maximum absolute atomic E-state index is 4.26. The third-order valence-electron chi connectivity index (χ3n) is 2.13. The molecular formula is C14H12N2. The zero-order valence-corrected chi connectivity index (χ0v) is 9.20. The summed E-state index contributed by atoms with van der Waals surface area (Å²) >= 11 is 0. The van der Waals surface area contributed by atoms with Crippen molar-refractivity contribution < 1.29 is 0 Å². The van der Waals surface area contributed by atoms with Gasteiger partial charge in [0.15, 0.2) is 0 Å². The van der Waals surface area contributed by atoms with Crippen LogP contribution in [-0.2, 0) is 6.42 Å². The summed E-state index contributed by atoms with van der Waals surface area (Å²) in [7, 11) is 0. The molecule has 16 heavy (non-hydrogen) atoms. The molecule has 1 aromatic carbocycles. The van der Waals surface area contributed by atoms with Gasteiger partial charge in [-0.1, -0.05) is 24.5 Å². The smallest absolute Gasteiger partial charge is 0.0889 e. The van der Waals surface area contributed by atoms with Gasteiger partial charge >= 0.3 is 0 Å². The lowest BCUT2D eigenvalue weighted by atomic mass is 10.1. The summed E-state index contributed by atoms with van der Waals surface area (Å²) in [4.78, 5) is 8.47. The largest absolute Gasteiger partial charge is 0.253 e. The van der Waals surface area contributed by atoms with Crippen LogP contribution in [0.15, 0.2) is 42.7 Å². The van der Waals surface area contributed by atoms with Crippen LogP contribution in [0.5, 0.6) is 0 Å². The van der Waals surface area contributed by atoms with Gasteiger partial charge in [-0.05, 0) is 30.2 Å². The van der Waals surface area contributed by atoms with Crippen LogP contribution in [0.1, 0.15) is 12.5 Å². The number of aromatic nitrogens is 2. The van der Waals surface area contributed by atoms with Gasteiger partial charge in [0.05, 0.1) is 11.0 Å². The van der Waals surface area contributed by atoms with Crippen LogP contribution in [-0.4, -0.2) is 9.97 Å². The molecule has 0 radical (unpaired) electrons. The van der Waals surface area contributed by atoms with E-state index in [1.807, 2.05) is 25.1 Å². The van der Waals surface area contributed by atoms with E-state index in [4.69, 9.17) is 0 Å². The number of allylic oxidation sites excluding steroid dienone is 1. The summed E-state index contributed by atoms with van der Waals surface area (Å²) < 4.78 is 0. The summed E-state index contributed by atoms with van der Waals surface area (Å²) in [5, 5.41) is 0. The van der Waals surface area contributed by atoms with E-state index in [1.165, 1.54) is 0 Å². The van der Waals surface area contributed by atoms with E-state index in [0.29, 0.717) is 0 Å². The van der Waals surface area contributed by atoms with Gasteiger partial charge in [0, 0.05) is 18.8 Å². The molecule has 0 bridgehead atoms. The maximum atomic E-state index is 4.26. The maximum Gasteiger partial charge on any atom is 0.0889 e. The molecule has 0 aliphatic rings.